The molecule has 0 amide bonds. The summed E-state index contributed by atoms with van der Waals surface area (Å²) in [5.41, 5.74) is 4.86. The summed E-state index contributed by atoms with van der Waals surface area (Å²) in [6, 6.07) is 1.45. The highest BCUT2D eigenvalue weighted by atomic mass is 33.1. The van der Waals surface area contributed by atoms with Crippen molar-refractivity contribution in [1.29, 1.82) is 0 Å². The maximum atomic E-state index is 12.2. The van der Waals surface area contributed by atoms with Gasteiger partial charge in [0.25, 0.3) is 0 Å². The van der Waals surface area contributed by atoms with Gasteiger partial charge >= 0.3 is 13.3 Å². The first kappa shape index (κ1) is 34.4. The first-order valence-corrected chi connectivity index (χ1v) is 16.4. The second-order valence-corrected chi connectivity index (χ2v) is 12.7. The van der Waals surface area contributed by atoms with Crippen LogP contribution in [0.3, 0.4) is 0 Å². The van der Waals surface area contributed by atoms with Gasteiger partial charge in [-0.15, -0.1) is 0 Å². The molecule has 206 valence electrons. The Balaban J connectivity index is 0.0000116. The van der Waals surface area contributed by atoms with Crippen LogP contribution in [0.25, 0.3) is 0 Å². The molecule has 0 saturated heterocycles. The minimum Gasteiger partial charge on any atom is -0.394 e. The molecule has 0 radical (unpaired) electrons. The Bertz CT molecular complexity index is 759. The summed E-state index contributed by atoms with van der Waals surface area (Å²) in [6.45, 7) is 1.97. The summed E-state index contributed by atoms with van der Waals surface area (Å²) in [5.74, 6) is 2.24. The van der Waals surface area contributed by atoms with Crippen LogP contribution in [0.4, 0.5) is 5.82 Å². The van der Waals surface area contributed by atoms with Crippen molar-refractivity contribution >= 4 is 35.0 Å². The van der Waals surface area contributed by atoms with Gasteiger partial charge in [-0.25, -0.2) is 4.79 Å². The Kier molecular flexibility index (Phi) is 21.1. The van der Waals surface area contributed by atoms with E-state index in [2.05, 4.69) is 11.9 Å². The fourth-order valence-electron chi connectivity index (χ4n) is 3.08. The van der Waals surface area contributed by atoms with Crippen LogP contribution in [0.2, 0.25) is 0 Å². The molecule has 1 aromatic rings. The van der Waals surface area contributed by atoms with Crippen molar-refractivity contribution in [2.24, 2.45) is 0 Å². The first-order valence-electron chi connectivity index (χ1n) is 12.1. The summed E-state index contributed by atoms with van der Waals surface area (Å²) in [5, 5.41) is 9.44. The van der Waals surface area contributed by atoms with Gasteiger partial charge in [-0.2, -0.15) is 4.98 Å². The minimum absolute atomic E-state index is 0. The Morgan fingerprint density at radius 1 is 1.09 bits per heavy atom. The molecular formula is C22H45N4O6PS2. The third kappa shape index (κ3) is 18.3. The number of hydrogen-bond acceptors (Lipinski definition) is 10. The van der Waals surface area contributed by atoms with Gasteiger partial charge in [0.1, 0.15) is 12.2 Å². The molecule has 0 aliphatic carbocycles. The lowest BCUT2D eigenvalue weighted by Gasteiger charge is -2.19. The van der Waals surface area contributed by atoms with Crippen LogP contribution < -0.4 is 17.6 Å². The number of ether oxygens (including phenoxy) is 1. The van der Waals surface area contributed by atoms with Gasteiger partial charge in [-0.3, -0.25) is 9.13 Å². The third-order valence-corrected chi connectivity index (χ3v) is 8.69. The molecular weight excluding hydrogens is 511 g/mol. The van der Waals surface area contributed by atoms with E-state index in [0.29, 0.717) is 6.42 Å². The van der Waals surface area contributed by atoms with Crippen LogP contribution in [-0.4, -0.2) is 56.7 Å². The number of nitrogens with two attached hydrogens (primary N) is 1. The number of anilines is 1. The number of unbranched alkanes of at least 4 members (excludes halogenated alkanes) is 8. The van der Waals surface area contributed by atoms with Crippen molar-refractivity contribution in [3.63, 3.8) is 0 Å². The number of nitrogens with zero attached hydrogens (tertiary/aromatic N) is 2. The van der Waals surface area contributed by atoms with Gasteiger partial charge in [0.2, 0.25) is 0 Å². The zero-order chi connectivity index (χ0) is 25.1. The van der Waals surface area contributed by atoms with Gasteiger partial charge in [0.15, 0.2) is 0 Å². The highest BCUT2D eigenvalue weighted by Gasteiger charge is 2.22. The van der Waals surface area contributed by atoms with E-state index in [-0.39, 0.29) is 25.1 Å². The van der Waals surface area contributed by atoms with Gasteiger partial charge < -0.3 is 31.1 Å². The van der Waals surface area contributed by atoms with E-state index in [1.807, 2.05) is 21.6 Å². The molecule has 1 rings (SSSR count). The van der Waals surface area contributed by atoms with Crippen molar-refractivity contribution in [3.05, 3.63) is 22.7 Å². The normalized spacial score (nSPS) is 13.8. The third-order valence-electron chi connectivity index (χ3n) is 5.05. The zero-order valence-corrected chi connectivity index (χ0v) is 23.5. The molecule has 1 aromatic heterocycles. The zero-order valence-electron chi connectivity index (χ0n) is 21.0. The Hall–Kier alpha value is -0.590. The van der Waals surface area contributed by atoms with Crippen LogP contribution in [0.15, 0.2) is 17.1 Å². The molecule has 0 bridgehead atoms. The SMILES string of the molecule is CCCCCCCCCCSSCCCCOP(=O)(O)CO[C@H](CO)Cn1ccc(N)nc1=O.N. The van der Waals surface area contributed by atoms with E-state index in [1.165, 1.54) is 73.9 Å². The van der Waals surface area contributed by atoms with Gasteiger partial charge in [-0.05, 0) is 25.3 Å². The molecule has 7 N–H and O–H groups in total. The molecule has 0 spiro atoms. The highest BCUT2D eigenvalue weighted by Crippen LogP contribution is 2.42. The fraction of sp³-hybridized carbons (Fsp3) is 0.818. The van der Waals surface area contributed by atoms with Crippen molar-refractivity contribution in [1.82, 2.24) is 15.7 Å². The number of aliphatic hydroxyl groups is 1. The number of aliphatic hydroxyl groups excluding tert-OH is 1. The standard InChI is InChI=1S/C22H42N3O6PS2.H3N/c1-2-3-4-5-6-7-8-10-15-33-34-16-11-9-14-31-32(28,29)19-30-20(18-26)17-25-13-12-21(23)24-22(25)27;/h12-13,20,26H,2-11,14-19H2,1H3,(H,28,29)(H2,23,24,27);1H3/t20-;/m0./s1. The molecule has 1 unspecified atom stereocenters. The van der Waals surface area contributed by atoms with Crippen LogP contribution in [0.5, 0.6) is 0 Å². The van der Waals surface area contributed by atoms with Crippen molar-refractivity contribution in [3.8, 4) is 0 Å². The fourth-order valence-corrected chi connectivity index (χ4v) is 6.27. The lowest BCUT2D eigenvalue weighted by molar-refractivity contribution is 0.0167. The Morgan fingerprint density at radius 3 is 2.29 bits per heavy atom. The van der Waals surface area contributed by atoms with Crippen LogP contribution in [0, 0.1) is 0 Å². The quantitative estimate of drug-likeness (QED) is 0.0875. The van der Waals surface area contributed by atoms with Crippen LogP contribution in [-0.2, 0) is 20.4 Å². The molecule has 0 aliphatic heterocycles. The summed E-state index contributed by atoms with van der Waals surface area (Å²) < 4.78 is 23.8. The molecule has 0 aromatic carbocycles. The maximum absolute atomic E-state index is 12.2. The average molecular weight is 557 g/mol. The van der Waals surface area contributed by atoms with Crippen LogP contribution in [0.1, 0.15) is 71.1 Å². The number of nitrogen functional groups attached to an aromatic ring is 1. The topological polar surface area (TPSA) is 172 Å². The Labute approximate surface area is 217 Å². The lowest BCUT2D eigenvalue weighted by atomic mass is 10.1. The lowest BCUT2D eigenvalue weighted by Crippen LogP contribution is -2.32. The monoisotopic (exact) mass is 556 g/mol. The van der Waals surface area contributed by atoms with Crippen molar-refractivity contribution < 1.29 is 23.8 Å². The molecule has 2 atom stereocenters. The predicted octanol–water partition coefficient (Wildman–Crippen LogP) is 4.83. The maximum Gasteiger partial charge on any atom is 0.353 e. The van der Waals surface area contributed by atoms with Gasteiger partial charge in [0.05, 0.1) is 25.9 Å². The van der Waals surface area contributed by atoms with E-state index in [4.69, 9.17) is 15.0 Å². The summed E-state index contributed by atoms with van der Waals surface area (Å²) in [6.07, 6.45) is 12.3. The van der Waals surface area contributed by atoms with Crippen molar-refractivity contribution in [2.75, 3.05) is 36.8 Å². The predicted molar refractivity (Wildman–Crippen MR) is 147 cm³/mol. The molecule has 1 heterocycles. The number of hydrogen-bond donors (Lipinski definition) is 4. The molecule has 10 nitrogen and oxygen atoms in total. The smallest absolute Gasteiger partial charge is 0.353 e. The second kappa shape index (κ2) is 21.5. The molecule has 0 aliphatic rings. The molecule has 0 saturated carbocycles. The van der Waals surface area contributed by atoms with E-state index in [9.17, 15) is 19.4 Å². The largest absolute Gasteiger partial charge is 0.394 e. The second-order valence-electron chi connectivity index (χ2n) is 8.18. The molecule has 13 heteroatoms. The minimum atomic E-state index is -3.94. The van der Waals surface area contributed by atoms with E-state index in [1.54, 1.807) is 0 Å². The molecule has 35 heavy (non-hydrogen) atoms. The molecule has 0 fully saturated rings. The number of aromatic nitrogens is 2. The van der Waals surface area contributed by atoms with E-state index >= 15 is 0 Å². The Morgan fingerprint density at radius 2 is 1.69 bits per heavy atom. The summed E-state index contributed by atoms with van der Waals surface area (Å²) in [4.78, 5) is 25.3. The van der Waals surface area contributed by atoms with Crippen molar-refractivity contribution in [2.45, 2.75) is 83.8 Å². The summed E-state index contributed by atoms with van der Waals surface area (Å²) >= 11 is 0. The van der Waals surface area contributed by atoms with Crippen LogP contribution >= 0.6 is 29.2 Å². The highest BCUT2D eigenvalue weighted by molar-refractivity contribution is 8.76. The number of rotatable bonds is 22. The summed E-state index contributed by atoms with van der Waals surface area (Å²) in [7, 11) is -0.199. The first-order chi connectivity index (χ1) is 16.4. The van der Waals surface area contributed by atoms with Gasteiger partial charge in [0, 0.05) is 17.7 Å². The van der Waals surface area contributed by atoms with E-state index in [0.717, 1.165) is 12.2 Å². The van der Waals surface area contributed by atoms with E-state index < -0.39 is 32.3 Å². The van der Waals surface area contributed by atoms with Gasteiger partial charge in [-0.1, -0.05) is 73.5 Å². The average Bonchev–Trinajstić information content (AvgIpc) is 2.80.